The van der Waals surface area contributed by atoms with Crippen molar-refractivity contribution in [1.82, 2.24) is 0 Å². The Morgan fingerprint density at radius 3 is 2.65 bits per heavy atom. The van der Waals surface area contributed by atoms with Gasteiger partial charge in [0.05, 0.1) is 5.60 Å². The van der Waals surface area contributed by atoms with Gasteiger partial charge in [0.1, 0.15) is 23.2 Å². The number of aryl methyl sites for hydroxylation is 1. The van der Waals surface area contributed by atoms with E-state index in [0.29, 0.717) is 5.92 Å². The van der Waals surface area contributed by atoms with Gasteiger partial charge in [-0.15, -0.1) is 0 Å². The molecule has 1 aromatic carbocycles. The zero-order valence-electron chi connectivity index (χ0n) is 12.6. The maximum atomic E-state index is 10.7. The molecule has 20 heavy (non-hydrogen) atoms. The summed E-state index contributed by atoms with van der Waals surface area (Å²) in [5.41, 5.74) is 1.38. The highest BCUT2D eigenvalue weighted by Gasteiger charge is 2.59. The van der Waals surface area contributed by atoms with Crippen LogP contribution < -0.4 is 9.47 Å². The van der Waals surface area contributed by atoms with Gasteiger partial charge in [-0.3, -0.25) is 0 Å². The lowest BCUT2D eigenvalue weighted by molar-refractivity contribution is -0.119. The van der Waals surface area contributed by atoms with Gasteiger partial charge in [-0.2, -0.15) is 0 Å². The van der Waals surface area contributed by atoms with E-state index in [9.17, 15) is 5.11 Å². The largest absolute Gasteiger partial charge is 0.487 e. The maximum Gasteiger partial charge on any atom is 0.134 e. The van der Waals surface area contributed by atoms with Crippen molar-refractivity contribution >= 4 is 0 Å². The monoisotopic (exact) mass is 274 g/mol. The fraction of sp³-hybridized carbons (Fsp3) is 0.647. The lowest BCUT2D eigenvalue weighted by atomic mass is 9.62. The molecule has 2 heterocycles. The average molecular weight is 274 g/mol. The molecule has 108 valence electrons. The first-order valence-corrected chi connectivity index (χ1v) is 7.52. The van der Waals surface area contributed by atoms with E-state index < -0.39 is 5.60 Å². The van der Waals surface area contributed by atoms with Gasteiger partial charge in [-0.05, 0) is 58.2 Å². The van der Waals surface area contributed by atoms with Crippen molar-refractivity contribution in [2.45, 2.75) is 63.8 Å². The fourth-order valence-electron chi connectivity index (χ4n) is 4.44. The Bertz CT molecular complexity index is 588. The van der Waals surface area contributed by atoms with Crippen molar-refractivity contribution in [1.29, 1.82) is 0 Å². The summed E-state index contributed by atoms with van der Waals surface area (Å²) in [7, 11) is 0. The molecule has 1 N–H and O–H groups in total. The SMILES string of the molecule is Cc1cc2c3c(c1)OC(C)(C)[C@@H]1CC[C@@](C)(O)[C@H](O2)[C@H]31. The molecule has 4 atom stereocenters. The van der Waals surface area contributed by atoms with Gasteiger partial charge in [-0.25, -0.2) is 0 Å². The Balaban J connectivity index is 1.94. The summed E-state index contributed by atoms with van der Waals surface area (Å²) >= 11 is 0. The lowest BCUT2D eigenvalue weighted by Gasteiger charge is -2.50. The Labute approximate surface area is 119 Å². The molecule has 1 saturated carbocycles. The number of rotatable bonds is 0. The average Bonchev–Trinajstić information content (AvgIpc) is 2.67. The molecular weight excluding hydrogens is 252 g/mol. The summed E-state index contributed by atoms with van der Waals surface area (Å²) in [5.74, 6) is 2.53. The normalized spacial score (nSPS) is 39.8. The molecule has 3 heteroatoms. The molecule has 0 amide bonds. The summed E-state index contributed by atoms with van der Waals surface area (Å²) < 4.78 is 12.4. The van der Waals surface area contributed by atoms with Gasteiger partial charge in [-0.1, -0.05) is 0 Å². The van der Waals surface area contributed by atoms with Crippen LogP contribution in [-0.4, -0.2) is 22.4 Å². The highest BCUT2D eigenvalue weighted by molar-refractivity contribution is 5.56. The zero-order chi connectivity index (χ0) is 14.3. The molecule has 0 unspecified atom stereocenters. The molecule has 2 aliphatic heterocycles. The van der Waals surface area contributed by atoms with Crippen LogP contribution in [0.2, 0.25) is 0 Å². The van der Waals surface area contributed by atoms with Crippen LogP contribution in [0.25, 0.3) is 0 Å². The van der Waals surface area contributed by atoms with E-state index in [-0.39, 0.29) is 17.6 Å². The third-order valence-electron chi connectivity index (χ3n) is 5.44. The summed E-state index contributed by atoms with van der Waals surface area (Å²) in [6, 6.07) is 4.18. The summed E-state index contributed by atoms with van der Waals surface area (Å²) in [4.78, 5) is 0. The first-order valence-electron chi connectivity index (χ1n) is 7.52. The smallest absolute Gasteiger partial charge is 0.134 e. The summed E-state index contributed by atoms with van der Waals surface area (Å²) in [5, 5.41) is 10.7. The Morgan fingerprint density at radius 1 is 1.20 bits per heavy atom. The zero-order valence-corrected chi connectivity index (χ0v) is 12.6. The van der Waals surface area contributed by atoms with Crippen LogP contribution >= 0.6 is 0 Å². The topological polar surface area (TPSA) is 38.7 Å². The van der Waals surface area contributed by atoms with Crippen molar-refractivity contribution in [3.8, 4) is 11.5 Å². The Morgan fingerprint density at radius 2 is 1.90 bits per heavy atom. The lowest BCUT2D eigenvalue weighted by Crippen LogP contribution is -2.56. The van der Waals surface area contributed by atoms with Crippen LogP contribution in [-0.2, 0) is 0 Å². The quantitative estimate of drug-likeness (QED) is 0.789. The first kappa shape index (κ1) is 12.5. The number of benzene rings is 1. The van der Waals surface area contributed by atoms with Crippen molar-refractivity contribution in [2.24, 2.45) is 5.92 Å². The minimum Gasteiger partial charge on any atom is -0.487 e. The van der Waals surface area contributed by atoms with E-state index >= 15 is 0 Å². The van der Waals surface area contributed by atoms with Crippen LogP contribution in [0, 0.1) is 12.8 Å². The van der Waals surface area contributed by atoms with Gasteiger partial charge < -0.3 is 14.6 Å². The van der Waals surface area contributed by atoms with Crippen LogP contribution in [0.1, 0.15) is 50.7 Å². The van der Waals surface area contributed by atoms with Crippen molar-refractivity contribution < 1.29 is 14.6 Å². The van der Waals surface area contributed by atoms with E-state index in [0.717, 1.165) is 29.9 Å². The summed E-state index contributed by atoms with van der Waals surface area (Å²) in [6.45, 7) is 8.30. The molecule has 0 aromatic heterocycles. The predicted octanol–water partition coefficient (Wildman–Crippen LogP) is 3.17. The number of hydrogen-bond acceptors (Lipinski definition) is 3. The number of hydrogen-bond donors (Lipinski definition) is 1. The highest BCUT2D eigenvalue weighted by Crippen LogP contribution is 2.60. The van der Waals surface area contributed by atoms with E-state index in [1.165, 1.54) is 5.56 Å². The summed E-state index contributed by atoms with van der Waals surface area (Å²) in [6.07, 6.45) is 1.62. The van der Waals surface area contributed by atoms with Crippen molar-refractivity contribution in [2.75, 3.05) is 0 Å². The van der Waals surface area contributed by atoms with E-state index in [2.05, 4.69) is 32.9 Å². The molecule has 3 aliphatic rings. The van der Waals surface area contributed by atoms with E-state index in [4.69, 9.17) is 9.47 Å². The van der Waals surface area contributed by atoms with Crippen LogP contribution in [0.3, 0.4) is 0 Å². The first-order chi connectivity index (χ1) is 9.29. The van der Waals surface area contributed by atoms with Gasteiger partial charge in [0.2, 0.25) is 0 Å². The second kappa shape index (κ2) is 3.51. The molecular formula is C17H22O3. The predicted molar refractivity (Wildman–Crippen MR) is 76.4 cm³/mol. The van der Waals surface area contributed by atoms with Gasteiger partial charge in [0, 0.05) is 17.4 Å². The molecule has 3 nitrogen and oxygen atoms in total. The minimum absolute atomic E-state index is 0.139. The van der Waals surface area contributed by atoms with E-state index in [1.807, 2.05) is 6.92 Å². The molecule has 4 rings (SSSR count). The fourth-order valence-corrected chi connectivity index (χ4v) is 4.44. The van der Waals surface area contributed by atoms with Crippen LogP contribution in [0.5, 0.6) is 11.5 Å². The third-order valence-corrected chi connectivity index (χ3v) is 5.44. The molecule has 0 saturated heterocycles. The second-order valence-corrected chi connectivity index (χ2v) is 7.45. The van der Waals surface area contributed by atoms with Gasteiger partial charge in [0.25, 0.3) is 0 Å². The van der Waals surface area contributed by atoms with Crippen molar-refractivity contribution in [3.63, 3.8) is 0 Å². The van der Waals surface area contributed by atoms with Gasteiger partial charge in [0.15, 0.2) is 0 Å². The molecule has 0 spiro atoms. The molecule has 0 radical (unpaired) electrons. The number of aliphatic hydroxyl groups is 1. The van der Waals surface area contributed by atoms with Gasteiger partial charge >= 0.3 is 0 Å². The molecule has 0 bridgehead atoms. The van der Waals surface area contributed by atoms with Crippen molar-refractivity contribution in [3.05, 3.63) is 23.3 Å². The highest BCUT2D eigenvalue weighted by atomic mass is 16.5. The molecule has 1 aliphatic carbocycles. The Kier molecular flexibility index (Phi) is 2.19. The van der Waals surface area contributed by atoms with Crippen LogP contribution in [0.15, 0.2) is 12.1 Å². The van der Waals surface area contributed by atoms with E-state index in [1.54, 1.807) is 0 Å². The third kappa shape index (κ3) is 1.44. The maximum absolute atomic E-state index is 10.7. The Hall–Kier alpha value is -1.22. The second-order valence-electron chi connectivity index (χ2n) is 7.45. The number of ether oxygens (including phenoxy) is 2. The molecule has 1 fully saturated rings. The van der Waals surface area contributed by atoms with Crippen LogP contribution in [0.4, 0.5) is 0 Å². The standard InChI is InChI=1S/C17H22O3/c1-9-7-11-14-12(8-9)20-16(2,3)10-5-6-17(4,18)15(19-11)13(10)14/h7-8,10,13,15,18H,5-6H2,1-4H3/t10-,13+,15-,17-/m1/s1. The molecule has 1 aromatic rings. The minimum atomic E-state index is -0.751.